The molecular weight excluding hydrogens is 238 g/mol. The predicted octanol–water partition coefficient (Wildman–Crippen LogP) is 4.17. The zero-order valence-electron chi connectivity index (χ0n) is 11.2. The van der Waals surface area contributed by atoms with Crippen LogP contribution in [-0.4, -0.2) is 7.05 Å². The maximum absolute atomic E-state index is 3.16. The second-order valence-electron chi connectivity index (χ2n) is 4.52. The van der Waals surface area contributed by atoms with Crippen LogP contribution < -0.4 is 5.32 Å². The van der Waals surface area contributed by atoms with Crippen molar-refractivity contribution in [2.45, 2.75) is 30.2 Å². The Labute approximate surface area is 114 Å². The molecule has 0 aromatic heterocycles. The van der Waals surface area contributed by atoms with E-state index < -0.39 is 0 Å². The molecule has 0 aliphatic rings. The molecule has 94 valence electrons. The largest absolute Gasteiger partial charge is 0.316 e. The molecular formula is C16H19NS. The van der Waals surface area contributed by atoms with Gasteiger partial charge in [-0.15, -0.1) is 0 Å². The van der Waals surface area contributed by atoms with E-state index in [1.165, 1.54) is 26.5 Å². The number of hydrogen-bond donors (Lipinski definition) is 1. The summed E-state index contributed by atoms with van der Waals surface area (Å²) in [6, 6.07) is 15.4. The topological polar surface area (TPSA) is 12.0 Å². The quantitative estimate of drug-likeness (QED) is 0.882. The normalized spacial score (nSPS) is 10.6. The average molecular weight is 257 g/mol. The van der Waals surface area contributed by atoms with Crippen molar-refractivity contribution in [3.63, 3.8) is 0 Å². The fraction of sp³-hybridized carbons (Fsp3) is 0.250. The molecule has 0 saturated heterocycles. The van der Waals surface area contributed by atoms with Crippen LogP contribution in [-0.2, 0) is 6.54 Å². The lowest BCUT2D eigenvalue weighted by Gasteiger charge is -2.06. The maximum atomic E-state index is 3.16. The maximum Gasteiger partial charge on any atom is 0.0202 e. The zero-order chi connectivity index (χ0) is 13.0. The summed E-state index contributed by atoms with van der Waals surface area (Å²) in [6.07, 6.45) is 0. The van der Waals surface area contributed by atoms with Crippen LogP contribution in [0.15, 0.2) is 52.3 Å². The van der Waals surface area contributed by atoms with Crippen LogP contribution in [0.3, 0.4) is 0 Å². The van der Waals surface area contributed by atoms with Gasteiger partial charge >= 0.3 is 0 Å². The first kappa shape index (κ1) is 13.2. The van der Waals surface area contributed by atoms with Crippen LogP contribution in [0, 0.1) is 13.8 Å². The van der Waals surface area contributed by atoms with Gasteiger partial charge in [0.1, 0.15) is 0 Å². The first-order valence-corrected chi connectivity index (χ1v) is 6.99. The molecule has 1 N–H and O–H groups in total. The second-order valence-corrected chi connectivity index (χ2v) is 5.67. The van der Waals surface area contributed by atoms with Crippen molar-refractivity contribution in [1.82, 2.24) is 5.32 Å². The Kier molecular flexibility index (Phi) is 4.45. The third-order valence-corrected chi connectivity index (χ3v) is 4.02. The molecule has 1 nitrogen and oxygen atoms in total. The Morgan fingerprint density at radius 1 is 0.889 bits per heavy atom. The minimum absolute atomic E-state index is 0.925. The third-order valence-electron chi connectivity index (χ3n) is 3.02. The fourth-order valence-electron chi connectivity index (χ4n) is 1.79. The molecule has 0 fully saturated rings. The van der Waals surface area contributed by atoms with Gasteiger partial charge in [0.25, 0.3) is 0 Å². The highest BCUT2D eigenvalue weighted by Crippen LogP contribution is 2.29. The Balaban J connectivity index is 2.10. The number of aryl methyl sites for hydroxylation is 2. The van der Waals surface area contributed by atoms with Gasteiger partial charge in [-0.05, 0) is 61.9 Å². The van der Waals surface area contributed by atoms with Crippen LogP contribution in [0.5, 0.6) is 0 Å². The molecule has 0 heterocycles. The molecule has 2 heteroatoms. The standard InChI is InChI=1S/C16H19NS/c1-12-4-7-16(10-13(12)2)18-15-8-5-14(6-9-15)11-17-3/h4-10,17H,11H2,1-3H3. The fourth-order valence-corrected chi connectivity index (χ4v) is 2.71. The SMILES string of the molecule is CNCc1ccc(Sc2ccc(C)c(C)c2)cc1. The Hall–Kier alpha value is -1.25. The molecule has 0 amide bonds. The average Bonchev–Trinajstić information content (AvgIpc) is 2.37. The summed E-state index contributed by atoms with van der Waals surface area (Å²) in [5.74, 6) is 0. The van der Waals surface area contributed by atoms with Crippen LogP contribution in [0.25, 0.3) is 0 Å². The molecule has 0 aliphatic heterocycles. The van der Waals surface area contributed by atoms with Crippen molar-refractivity contribution in [3.05, 3.63) is 59.2 Å². The van der Waals surface area contributed by atoms with Crippen LogP contribution in [0.4, 0.5) is 0 Å². The van der Waals surface area contributed by atoms with Crippen molar-refractivity contribution in [1.29, 1.82) is 0 Å². The molecule has 2 aromatic carbocycles. The molecule has 0 radical (unpaired) electrons. The van der Waals surface area contributed by atoms with E-state index in [9.17, 15) is 0 Å². The molecule has 0 aliphatic carbocycles. The molecule has 0 atom stereocenters. The van der Waals surface area contributed by atoms with Crippen LogP contribution >= 0.6 is 11.8 Å². The van der Waals surface area contributed by atoms with Gasteiger partial charge in [-0.25, -0.2) is 0 Å². The van der Waals surface area contributed by atoms with Gasteiger partial charge in [0.15, 0.2) is 0 Å². The van der Waals surface area contributed by atoms with E-state index >= 15 is 0 Å². The summed E-state index contributed by atoms with van der Waals surface area (Å²) in [5, 5.41) is 3.16. The Morgan fingerprint density at radius 2 is 1.56 bits per heavy atom. The summed E-state index contributed by atoms with van der Waals surface area (Å²) < 4.78 is 0. The van der Waals surface area contributed by atoms with E-state index in [0.29, 0.717) is 0 Å². The molecule has 0 spiro atoms. The van der Waals surface area contributed by atoms with Crippen molar-refractivity contribution < 1.29 is 0 Å². The molecule has 0 unspecified atom stereocenters. The summed E-state index contributed by atoms with van der Waals surface area (Å²) in [5.41, 5.74) is 4.03. The third kappa shape index (κ3) is 3.37. The van der Waals surface area contributed by atoms with Gasteiger partial charge in [-0.1, -0.05) is 30.0 Å². The first-order chi connectivity index (χ1) is 8.69. The number of benzene rings is 2. The minimum atomic E-state index is 0.925. The van der Waals surface area contributed by atoms with E-state index in [1.807, 2.05) is 18.8 Å². The first-order valence-electron chi connectivity index (χ1n) is 6.17. The summed E-state index contributed by atoms with van der Waals surface area (Å²) in [4.78, 5) is 2.59. The van der Waals surface area contributed by atoms with Gasteiger partial charge in [0, 0.05) is 16.3 Å². The number of hydrogen-bond acceptors (Lipinski definition) is 2. The monoisotopic (exact) mass is 257 g/mol. The van der Waals surface area contributed by atoms with Gasteiger partial charge in [0.05, 0.1) is 0 Å². The minimum Gasteiger partial charge on any atom is -0.316 e. The summed E-state index contributed by atoms with van der Waals surface area (Å²) in [7, 11) is 1.97. The van der Waals surface area contributed by atoms with Crippen LogP contribution in [0.2, 0.25) is 0 Å². The highest BCUT2D eigenvalue weighted by molar-refractivity contribution is 7.99. The zero-order valence-corrected chi connectivity index (χ0v) is 12.0. The lowest BCUT2D eigenvalue weighted by atomic mass is 10.1. The van der Waals surface area contributed by atoms with Crippen molar-refractivity contribution >= 4 is 11.8 Å². The summed E-state index contributed by atoms with van der Waals surface area (Å²) >= 11 is 1.82. The van der Waals surface area contributed by atoms with E-state index in [4.69, 9.17) is 0 Å². The van der Waals surface area contributed by atoms with Gasteiger partial charge in [-0.2, -0.15) is 0 Å². The second kappa shape index (κ2) is 6.07. The Morgan fingerprint density at radius 3 is 2.17 bits per heavy atom. The number of rotatable bonds is 4. The number of nitrogens with one attached hydrogen (secondary N) is 1. The van der Waals surface area contributed by atoms with Gasteiger partial charge < -0.3 is 5.32 Å². The Bertz CT molecular complexity index is 517. The van der Waals surface area contributed by atoms with E-state index in [2.05, 4.69) is 61.6 Å². The highest BCUT2D eigenvalue weighted by Gasteiger charge is 2.00. The molecule has 0 bridgehead atoms. The highest BCUT2D eigenvalue weighted by atomic mass is 32.2. The smallest absolute Gasteiger partial charge is 0.0202 e. The summed E-state index contributed by atoms with van der Waals surface area (Å²) in [6.45, 7) is 5.24. The lowest BCUT2D eigenvalue weighted by molar-refractivity contribution is 0.817. The van der Waals surface area contributed by atoms with Crippen molar-refractivity contribution in [3.8, 4) is 0 Å². The van der Waals surface area contributed by atoms with Crippen LogP contribution in [0.1, 0.15) is 16.7 Å². The predicted molar refractivity (Wildman–Crippen MR) is 79.2 cm³/mol. The molecule has 2 rings (SSSR count). The van der Waals surface area contributed by atoms with Gasteiger partial charge in [-0.3, -0.25) is 0 Å². The molecule has 0 saturated carbocycles. The van der Waals surface area contributed by atoms with Crippen molar-refractivity contribution in [2.24, 2.45) is 0 Å². The van der Waals surface area contributed by atoms with Crippen molar-refractivity contribution in [2.75, 3.05) is 7.05 Å². The molecule has 2 aromatic rings. The molecule has 18 heavy (non-hydrogen) atoms. The van der Waals surface area contributed by atoms with E-state index in [-0.39, 0.29) is 0 Å². The van der Waals surface area contributed by atoms with Gasteiger partial charge in [0.2, 0.25) is 0 Å². The lowest BCUT2D eigenvalue weighted by Crippen LogP contribution is -2.04. The van der Waals surface area contributed by atoms with E-state index in [0.717, 1.165) is 6.54 Å². The van der Waals surface area contributed by atoms with E-state index in [1.54, 1.807) is 0 Å².